The van der Waals surface area contributed by atoms with E-state index in [1.807, 2.05) is 64.1 Å². The van der Waals surface area contributed by atoms with Crippen molar-refractivity contribution in [3.8, 4) is 11.1 Å². The average molecular weight is 268 g/mol. The number of nitrogens with one attached hydrogen (secondary N) is 1. The number of amides is 1. The number of aromatic nitrogens is 1. The van der Waals surface area contributed by atoms with Crippen molar-refractivity contribution in [2.24, 2.45) is 5.41 Å². The standard InChI is InChI=1S/C17H20N2O/c1-12-13(9-7-11-18-12)14-8-5-6-10-15(14)19-16(20)17(2,3)4/h5-11H,1-4H3,(H,19,20). The Morgan fingerprint density at radius 3 is 2.35 bits per heavy atom. The van der Waals surface area contributed by atoms with Gasteiger partial charge in [0.25, 0.3) is 0 Å². The van der Waals surface area contributed by atoms with Crippen LogP contribution in [0.4, 0.5) is 5.69 Å². The summed E-state index contributed by atoms with van der Waals surface area (Å²) in [6.07, 6.45) is 1.77. The second kappa shape index (κ2) is 5.45. The highest BCUT2D eigenvalue weighted by molar-refractivity contribution is 5.98. The largest absolute Gasteiger partial charge is 0.325 e. The van der Waals surface area contributed by atoms with E-state index in [1.54, 1.807) is 6.20 Å². The zero-order valence-electron chi connectivity index (χ0n) is 12.4. The Bertz CT molecular complexity index is 627. The van der Waals surface area contributed by atoms with E-state index in [1.165, 1.54) is 0 Å². The van der Waals surface area contributed by atoms with Crippen molar-refractivity contribution in [2.45, 2.75) is 27.7 Å². The second-order valence-electron chi connectivity index (χ2n) is 5.89. The average Bonchev–Trinajstić information content (AvgIpc) is 2.39. The number of carbonyl (C=O) groups is 1. The number of hydrogen-bond donors (Lipinski definition) is 1. The van der Waals surface area contributed by atoms with Gasteiger partial charge in [0.15, 0.2) is 0 Å². The van der Waals surface area contributed by atoms with Crippen molar-refractivity contribution in [1.82, 2.24) is 4.98 Å². The van der Waals surface area contributed by atoms with Gasteiger partial charge in [0.05, 0.1) is 0 Å². The monoisotopic (exact) mass is 268 g/mol. The summed E-state index contributed by atoms with van der Waals surface area (Å²) in [5.41, 5.74) is 3.39. The summed E-state index contributed by atoms with van der Waals surface area (Å²) in [6.45, 7) is 7.68. The molecule has 0 unspecified atom stereocenters. The van der Waals surface area contributed by atoms with E-state index in [2.05, 4.69) is 10.3 Å². The molecule has 0 saturated carbocycles. The van der Waals surface area contributed by atoms with Crippen LogP contribution in [0.2, 0.25) is 0 Å². The predicted molar refractivity (Wildman–Crippen MR) is 82.5 cm³/mol. The van der Waals surface area contributed by atoms with Crippen LogP contribution in [0.25, 0.3) is 11.1 Å². The van der Waals surface area contributed by atoms with Gasteiger partial charge >= 0.3 is 0 Å². The van der Waals surface area contributed by atoms with Crippen molar-refractivity contribution >= 4 is 11.6 Å². The molecule has 2 rings (SSSR count). The van der Waals surface area contributed by atoms with Crippen LogP contribution in [-0.2, 0) is 4.79 Å². The Morgan fingerprint density at radius 1 is 1.05 bits per heavy atom. The maximum Gasteiger partial charge on any atom is 0.229 e. The number of hydrogen-bond acceptors (Lipinski definition) is 2. The lowest BCUT2D eigenvalue weighted by Gasteiger charge is -2.19. The first kappa shape index (κ1) is 14.3. The van der Waals surface area contributed by atoms with E-state index in [0.717, 1.165) is 22.5 Å². The van der Waals surface area contributed by atoms with Crippen LogP contribution in [0.15, 0.2) is 42.6 Å². The maximum absolute atomic E-state index is 12.2. The zero-order chi connectivity index (χ0) is 14.8. The van der Waals surface area contributed by atoms with Gasteiger partial charge in [-0.1, -0.05) is 45.0 Å². The molecule has 0 aliphatic rings. The minimum Gasteiger partial charge on any atom is -0.325 e. The number of pyridine rings is 1. The van der Waals surface area contributed by atoms with E-state index in [4.69, 9.17) is 0 Å². The molecule has 3 heteroatoms. The van der Waals surface area contributed by atoms with E-state index in [0.29, 0.717) is 0 Å². The first-order valence-electron chi connectivity index (χ1n) is 6.72. The highest BCUT2D eigenvalue weighted by atomic mass is 16.2. The molecule has 1 aromatic carbocycles. The number of nitrogens with zero attached hydrogens (tertiary/aromatic N) is 1. The normalized spacial score (nSPS) is 11.2. The summed E-state index contributed by atoms with van der Waals surface area (Å²) in [5.74, 6) is 0.00601. The predicted octanol–water partition coefficient (Wildman–Crippen LogP) is 4.04. The van der Waals surface area contributed by atoms with Crippen molar-refractivity contribution < 1.29 is 4.79 Å². The number of rotatable bonds is 2. The molecular weight excluding hydrogens is 248 g/mol. The van der Waals surface area contributed by atoms with Crippen LogP contribution in [0.3, 0.4) is 0 Å². The van der Waals surface area contributed by atoms with Crippen LogP contribution in [-0.4, -0.2) is 10.9 Å². The molecule has 0 fully saturated rings. The minimum absolute atomic E-state index is 0.00601. The first-order valence-corrected chi connectivity index (χ1v) is 6.72. The number of aryl methyl sites for hydroxylation is 1. The summed E-state index contributed by atoms with van der Waals surface area (Å²) >= 11 is 0. The van der Waals surface area contributed by atoms with Crippen LogP contribution in [0, 0.1) is 12.3 Å². The molecule has 0 spiro atoms. The third-order valence-corrected chi connectivity index (χ3v) is 3.15. The molecule has 0 saturated heterocycles. The van der Waals surface area contributed by atoms with E-state index in [-0.39, 0.29) is 5.91 Å². The topological polar surface area (TPSA) is 42.0 Å². The molecule has 20 heavy (non-hydrogen) atoms. The van der Waals surface area contributed by atoms with Gasteiger partial charge in [0.2, 0.25) is 5.91 Å². The smallest absolute Gasteiger partial charge is 0.229 e. The number of carbonyl (C=O) groups excluding carboxylic acids is 1. The van der Waals surface area contributed by atoms with Gasteiger partial charge in [-0.05, 0) is 19.1 Å². The molecule has 104 valence electrons. The lowest BCUT2D eigenvalue weighted by molar-refractivity contribution is -0.123. The molecular formula is C17H20N2O. The zero-order valence-corrected chi connectivity index (χ0v) is 12.4. The summed E-state index contributed by atoms with van der Waals surface area (Å²) < 4.78 is 0. The fraction of sp³-hybridized carbons (Fsp3) is 0.294. The van der Waals surface area contributed by atoms with Gasteiger partial charge in [0.1, 0.15) is 0 Å². The molecule has 0 atom stereocenters. The summed E-state index contributed by atoms with van der Waals surface area (Å²) in [4.78, 5) is 16.5. The molecule has 0 radical (unpaired) electrons. The highest BCUT2D eigenvalue weighted by Crippen LogP contribution is 2.30. The lowest BCUT2D eigenvalue weighted by Crippen LogP contribution is -2.27. The Kier molecular flexibility index (Phi) is 3.89. The molecule has 0 aliphatic heterocycles. The molecule has 1 heterocycles. The van der Waals surface area contributed by atoms with Gasteiger partial charge in [-0.25, -0.2) is 0 Å². The first-order chi connectivity index (χ1) is 9.39. The summed E-state index contributed by atoms with van der Waals surface area (Å²) in [5, 5.41) is 3.01. The summed E-state index contributed by atoms with van der Waals surface area (Å²) in [6, 6.07) is 11.7. The van der Waals surface area contributed by atoms with Gasteiger partial charge in [0, 0.05) is 34.1 Å². The number of benzene rings is 1. The SMILES string of the molecule is Cc1ncccc1-c1ccccc1NC(=O)C(C)(C)C. The molecule has 1 amide bonds. The Morgan fingerprint density at radius 2 is 1.70 bits per heavy atom. The van der Waals surface area contributed by atoms with Crippen molar-refractivity contribution in [1.29, 1.82) is 0 Å². The highest BCUT2D eigenvalue weighted by Gasteiger charge is 2.22. The molecule has 3 nitrogen and oxygen atoms in total. The van der Waals surface area contributed by atoms with Gasteiger partial charge < -0.3 is 5.32 Å². The second-order valence-corrected chi connectivity index (χ2v) is 5.89. The fourth-order valence-corrected chi connectivity index (χ4v) is 1.91. The lowest BCUT2D eigenvalue weighted by atomic mass is 9.95. The van der Waals surface area contributed by atoms with Gasteiger partial charge in [-0.3, -0.25) is 9.78 Å². The Balaban J connectivity index is 2.42. The third-order valence-electron chi connectivity index (χ3n) is 3.15. The summed E-state index contributed by atoms with van der Waals surface area (Å²) in [7, 11) is 0. The van der Waals surface area contributed by atoms with E-state index >= 15 is 0 Å². The molecule has 0 aliphatic carbocycles. The van der Waals surface area contributed by atoms with E-state index in [9.17, 15) is 4.79 Å². The van der Waals surface area contributed by atoms with Crippen LogP contribution >= 0.6 is 0 Å². The van der Waals surface area contributed by atoms with Crippen LogP contribution in [0.5, 0.6) is 0 Å². The quantitative estimate of drug-likeness (QED) is 0.893. The van der Waals surface area contributed by atoms with Crippen LogP contribution < -0.4 is 5.32 Å². The Labute approximate surface area is 120 Å². The fourth-order valence-electron chi connectivity index (χ4n) is 1.91. The van der Waals surface area contributed by atoms with E-state index < -0.39 is 5.41 Å². The van der Waals surface area contributed by atoms with Crippen LogP contribution in [0.1, 0.15) is 26.5 Å². The minimum atomic E-state index is -0.420. The Hall–Kier alpha value is -2.16. The van der Waals surface area contributed by atoms with Gasteiger partial charge in [-0.2, -0.15) is 0 Å². The molecule has 1 N–H and O–H groups in total. The molecule has 0 bridgehead atoms. The third kappa shape index (κ3) is 3.05. The van der Waals surface area contributed by atoms with Crippen molar-refractivity contribution in [3.63, 3.8) is 0 Å². The number of para-hydroxylation sites is 1. The molecule has 2 aromatic rings. The van der Waals surface area contributed by atoms with Crippen molar-refractivity contribution in [2.75, 3.05) is 5.32 Å². The maximum atomic E-state index is 12.2. The van der Waals surface area contributed by atoms with Gasteiger partial charge in [-0.15, -0.1) is 0 Å². The van der Waals surface area contributed by atoms with Crippen molar-refractivity contribution in [3.05, 3.63) is 48.3 Å². The molecule has 1 aromatic heterocycles. The number of anilines is 1.